The van der Waals surface area contributed by atoms with Gasteiger partial charge >= 0.3 is 17.9 Å². The lowest BCUT2D eigenvalue weighted by atomic mass is 10.0. The molecule has 0 spiro atoms. The van der Waals surface area contributed by atoms with Crippen LogP contribution in [0.5, 0.6) is 0 Å². The number of aliphatic hydroxyl groups excluding tert-OH is 3. The first-order valence-electron chi connectivity index (χ1n) is 30.1. The second kappa shape index (κ2) is 42.8. The van der Waals surface area contributed by atoms with Gasteiger partial charge in [0.2, 0.25) is 65.0 Å². The van der Waals surface area contributed by atoms with Gasteiger partial charge in [-0.2, -0.15) is 0 Å². The molecule has 1 aromatic rings. The summed E-state index contributed by atoms with van der Waals surface area (Å²) in [7, 11) is 0. The van der Waals surface area contributed by atoms with Crippen molar-refractivity contribution in [2.45, 2.75) is 185 Å². The van der Waals surface area contributed by atoms with Crippen LogP contribution in [-0.4, -0.2) is 225 Å². The summed E-state index contributed by atoms with van der Waals surface area (Å²) in [6, 6.07) is -9.49. The summed E-state index contributed by atoms with van der Waals surface area (Å²) in [6.45, 7) is 6.44. The van der Waals surface area contributed by atoms with Gasteiger partial charge < -0.3 is 112 Å². The molecule has 0 saturated carbocycles. The molecular formula is C57H94N16O20. The van der Waals surface area contributed by atoms with Gasteiger partial charge in [0, 0.05) is 19.4 Å². The van der Waals surface area contributed by atoms with E-state index in [0.717, 1.165) is 0 Å². The van der Waals surface area contributed by atoms with Gasteiger partial charge in [0.15, 0.2) is 5.96 Å². The highest BCUT2D eigenvalue weighted by atomic mass is 16.4. The summed E-state index contributed by atoms with van der Waals surface area (Å²) in [5.74, 6) is -17.0. The third kappa shape index (κ3) is 32.6. The SMILES string of the molecule is CC(C)C[C@H](NC(=O)[C@H](CCC(=O)O)NC(=O)[C@H](Cc1ccccc1)NC(=O)[C@H](C)NC(=O)CNC(=O)[C@H](CO)NC(=O)[C@H](CC(C)C)NC(=O)[C@@H](N)[C@@H](C)O)C(=O)N[C@@H](CO)C(=O)N[C@@H](CCCN=C(N)N)C(=O)N[C@@H](CC(=O)O)C(=O)N[C@@H](CCCCN)C(=O)O. The van der Waals surface area contributed by atoms with E-state index in [1.165, 1.54) is 13.8 Å². The first-order chi connectivity index (χ1) is 43.6. The fourth-order valence-corrected chi connectivity index (χ4v) is 8.63. The number of aliphatic imine (C=N–C) groups is 1. The van der Waals surface area contributed by atoms with Crippen molar-refractivity contribution in [3.8, 4) is 0 Å². The number of nitrogens with two attached hydrogens (primary N) is 4. The Hall–Kier alpha value is -9.13. The van der Waals surface area contributed by atoms with Crippen molar-refractivity contribution in [2.75, 3.05) is 32.8 Å². The minimum absolute atomic E-state index is 0.0399. The summed E-state index contributed by atoms with van der Waals surface area (Å²) in [5, 5.41) is 84.7. The molecule has 36 heteroatoms. The average Bonchev–Trinajstić information content (AvgIpc) is 1.13. The molecule has 25 N–H and O–H groups in total. The van der Waals surface area contributed by atoms with Crippen LogP contribution in [0.25, 0.3) is 0 Å². The van der Waals surface area contributed by atoms with Crippen LogP contribution in [0.4, 0.5) is 0 Å². The third-order valence-corrected chi connectivity index (χ3v) is 13.7. The Labute approximate surface area is 536 Å². The number of guanidine groups is 1. The molecule has 36 nitrogen and oxygen atoms in total. The number of carboxylic acid groups (broad SMARTS) is 3. The normalized spacial score (nSPS) is 14.9. The fourth-order valence-electron chi connectivity index (χ4n) is 8.63. The number of benzene rings is 1. The Morgan fingerprint density at radius 2 is 0.914 bits per heavy atom. The molecule has 0 aliphatic heterocycles. The number of aliphatic hydroxyl groups is 3. The number of rotatable bonds is 45. The highest BCUT2D eigenvalue weighted by molar-refractivity contribution is 5.99. The highest BCUT2D eigenvalue weighted by Crippen LogP contribution is 2.12. The van der Waals surface area contributed by atoms with Crippen molar-refractivity contribution in [2.24, 2.45) is 39.8 Å². The summed E-state index contributed by atoms with van der Waals surface area (Å²) in [5.41, 5.74) is 22.5. The number of hydrogen-bond acceptors (Lipinski definition) is 20. The Morgan fingerprint density at radius 3 is 1.40 bits per heavy atom. The molecule has 0 fully saturated rings. The van der Waals surface area contributed by atoms with Crippen LogP contribution in [0, 0.1) is 11.8 Å². The van der Waals surface area contributed by atoms with Gasteiger partial charge in [0.1, 0.15) is 66.5 Å². The molecule has 522 valence electrons. The molecule has 0 aromatic heterocycles. The maximum Gasteiger partial charge on any atom is 0.326 e. The van der Waals surface area contributed by atoms with Crippen LogP contribution in [0.2, 0.25) is 0 Å². The Balaban J connectivity index is 3.43. The van der Waals surface area contributed by atoms with E-state index >= 15 is 0 Å². The van der Waals surface area contributed by atoms with E-state index in [4.69, 9.17) is 22.9 Å². The Morgan fingerprint density at radius 1 is 0.484 bits per heavy atom. The highest BCUT2D eigenvalue weighted by Gasteiger charge is 2.36. The largest absolute Gasteiger partial charge is 0.481 e. The molecule has 0 unspecified atom stereocenters. The topological polar surface area (TPSA) is 609 Å². The summed E-state index contributed by atoms with van der Waals surface area (Å²) in [4.78, 5) is 189. The number of nitrogens with one attached hydrogen (secondary N) is 11. The van der Waals surface area contributed by atoms with Crippen LogP contribution in [0.15, 0.2) is 35.3 Å². The smallest absolute Gasteiger partial charge is 0.326 e. The molecule has 0 saturated heterocycles. The molecule has 12 atom stereocenters. The van der Waals surface area contributed by atoms with E-state index in [9.17, 15) is 97.8 Å². The Bertz CT molecular complexity index is 2720. The van der Waals surface area contributed by atoms with E-state index in [-0.39, 0.29) is 69.9 Å². The van der Waals surface area contributed by atoms with E-state index in [2.05, 4.69) is 63.5 Å². The van der Waals surface area contributed by atoms with Gasteiger partial charge in [-0.3, -0.25) is 67.3 Å². The predicted octanol–water partition coefficient (Wildman–Crippen LogP) is -7.40. The van der Waals surface area contributed by atoms with E-state index in [1.54, 1.807) is 58.0 Å². The van der Waals surface area contributed by atoms with Crippen molar-refractivity contribution >= 4 is 88.8 Å². The maximum atomic E-state index is 14.3. The second-order valence-electron chi connectivity index (χ2n) is 22.7. The molecule has 93 heavy (non-hydrogen) atoms. The minimum Gasteiger partial charge on any atom is -0.481 e. The number of unbranched alkanes of at least 4 members (excludes halogenated alkanes) is 1. The van der Waals surface area contributed by atoms with Crippen molar-refractivity contribution in [3.05, 3.63) is 35.9 Å². The zero-order valence-corrected chi connectivity index (χ0v) is 52.9. The van der Waals surface area contributed by atoms with Crippen molar-refractivity contribution < 1.29 is 97.8 Å². The molecule has 1 aromatic carbocycles. The number of carbonyl (C=O) groups is 14. The van der Waals surface area contributed by atoms with Gasteiger partial charge in [-0.05, 0) is 89.2 Å². The molecule has 0 radical (unpaired) electrons. The number of carboxylic acids is 3. The van der Waals surface area contributed by atoms with Gasteiger partial charge in [0.25, 0.3) is 0 Å². The lowest BCUT2D eigenvalue weighted by Crippen LogP contribution is -2.61. The van der Waals surface area contributed by atoms with E-state index in [0.29, 0.717) is 12.0 Å². The lowest BCUT2D eigenvalue weighted by Gasteiger charge is -2.28. The standard InChI is InChI=1S/C57H94N16O20/c1-28(2)21-36(50(86)73-41(27-75)54(90)65-33(16-12-20-62-57(60)61)48(84)70-39(24-44(80)81)53(89)67-35(56(92)93)15-10-11-19-58)69-49(85)34(17-18-43(78)79)66-52(88)38(23-32-13-8-7-9-14-32)68-46(82)30(5)64-42(77)25-63-47(83)40(26-74)72-51(87)37(22-29(3)4)71-55(91)45(59)31(6)76/h7-9,13-14,28-31,33-41,45,74-76H,10-12,15-27,58-59H2,1-6H3,(H,63,83)(H,64,77)(H,65,90)(H,66,88)(H,67,89)(H,68,82)(H,69,85)(H,70,84)(H,71,91)(H,72,87)(H,73,86)(H,78,79)(H,80,81)(H,92,93)(H4,60,61,62)/t30-,31+,33-,34-,35-,36-,37-,38-,39-,40-,41-,45-/m0/s1. The van der Waals surface area contributed by atoms with Crippen LogP contribution in [0.3, 0.4) is 0 Å². The number of amides is 11. The number of nitrogens with zero attached hydrogens (tertiary/aromatic N) is 1. The molecule has 0 heterocycles. The number of aliphatic carboxylic acids is 3. The van der Waals surface area contributed by atoms with Crippen LogP contribution in [-0.2, 0) is 73.5 Å². The zero-order chi connectivity index (χ0) is 70.7. The number of carbonyl (C=O) groups excluding carboxylic acids is 11. The quantitative estimate of drug-likeness (QED) is 0.0164. The molecule has 0 aliphatic rings. The third-order valence-electron chi connectivity index (χ3n) is 13.7. The lowest BCUT2D eigenvalue weighted by molar-refractivity contribution is -0.144. The average molecular weight is 1320 g/mol. The zero-order valence-electron chi connectivity index (χ0n) is 52.9. The van der Waals surface area contributed by atoms with Crippen molar-refractivity contribution in [3.63, 3.8) is 0 Å². The predicted molar refractivity (Wildman–Crippen MR) is 330 cm³/mol. The summed E-state index contributed by atoms with van der Waals surface area (Å²) in [6.07, 6.45) is -3.78. The van der Waals surface area contributed by atoms with Crippen LogP contribution >= 0.6 is 0 Å². The molecule has 0 aliphatic carbocycles. The maximum absolute atomic E-state index is 14.3. The minimum atomic E-state index is -1.90. The summed E-state index contributed by atoms with van der Waals surface area (Å²) < 4.78 is 0. The Kier molecular flexibility index (Phi) is 37.7. The monoisotopic (exact) mass is 1320 g/mol. The van der Waals surface area contributed by atoms with Gasteiger partial charge in [-0.15, -0.1) is 0 Å². The number of hydrogen-bond donors (Lipinski definition) is 21. The first-order valence-corrected chi connectivity index (χ1v) is 30.1. The molecule has 1 rings (SSSR count). The van der Waals surface area contributed by atoms with E-state index in [1.807, 2.05) is 0 Å². The van der Waals surface area contributed by atoms with Crippen molar-refractivity contribution in [1.29, 1.82) is 0 Å². The summed E-state index contributed by atoms with van der Waals surface area (Å²) >= 11 is 0. The van der Waals surface area contributed by atoms with Crippen LogP contribution in [0.1, 0.15) is 111 Å². The molecule has 11 amide bonds. The second-order valence-corrected chi connectivity index (χ2v) is 22.7. The molecular weight excluding hydrogens is 1230 g/mol. The molecule has 0 bridgehead atoms. The van der Waals surface area contributed by atoms with Crippen molar-refractivity contribution in [1.82, 2.24) is 58.5 Å². The van der Waals surface area contributed by atoms with Crippen LogP contribution < -0.4 is 81.4 Å². The van der Waals surface area contributed by atoms with Gasteiger partial charge in [0.05, 0.1) is 32.3 Å². The van der Waals surface area contributed by atoms with Gasteiger partial charge in [-0.25, -0.2) is 4.79 Å². The fraction of sp³-hybridized carbons (Fsp3) is 0.632. The van der Waals surface area contributed by atoms with Gasteiger partial charge in [-0.1, -0.05) is 58.0 Å². The first kappa shape index (κ1) is 81.9. The van der Waals surface area contributed by atoms with E-state index < -0.39 is 200 Å².